The molecule has 0 saturated carbocycles. The van der Waals surface area contributed by atoms with Crippen LogP contribution in [0.15, 0.2) is 23.1 Å². The summed E-state index contributed by atoms with van der Waals surface area (Å²) in [6.45, 7) is 5.85. The number of hydrogen-bond acceptors (Lipinski definition) is 4. The molecule has 1 aromatic rings. The number of nitrogens with zero attached hydrogens (tertiary/aromatic N) is 1. The summed E-state index contributed by atoms with van der Waals surface area (Å²) in [6.07, 6.45) is 0.732. The smallest absolute Gasteiger partial charge is 0.242 e. The number of nitrogens with one attached hydrogen (secondary N) is 1. The number of sulfonamides is 1. The number of nitrogen functional groups attached to an aromatic ring is 1. The van der Waals surface area contributed by atoms with Crippen LogP contribution in [0, 0.1) is 17.2 Å². The molecule has 1 atom stereocenters. The average molecular weight is 281 g/mol. The lowest BCUT2D eigenvalue weighted by atomic mass is 10.1. The summed E-state index contributed by atoms with van der Waals surface area (Å²) in [5, 5.41) is 8.99. The van der Waals surface area contributed by atoms with Crippen molar-refractivity contribution in [1.82, 2.24) is 4.72 Å². The Balaban J connectivity index is 3.05. The van der Waals surface area contributed by atoms with E-state index >= 15 is 0 Å². The Labute approximate surface area is 114 Å². The minimum Gasteiger partial charge on any atom is -0.399 e. The minimum absolute atomic E-state index is 0.0280. The molecule has 0 radical (unpaired) electrons. The Kier molecular flexibility index (Phi) is 4.92. The summed E-state index contributed by atoms with van der Waals surface area (Å²) in [7, 11) is -3.69. The van der Waals surface area contributed by atoms with Crippen LogP contribution in [0.1, 0.15) is 32.8 Å². The van der Waals surface area contributed by atoms with Crippen LogP contribution >= 0.6 is 0 Å². The Morgan fingerprint density at radius 2 is 2.00 bits per heavy atom. The largest absolute Gasteiger partial charge is 0.399 e. The van der Waals surface area contributed by atoms with Crippen molar-refractivity contribution >= 4 is 15.7 Å². The van der Waals surface area contributed by atoms with E-state index in [2.05, 4.69) is 4.72 Å². The first-order valence-electron chi connectivity index (χ1n) is 6.08. The first kappa shape index (κ1) is 15.5. The molecule has 104 valence electrons. The zero-order valence-electron chi connectivity index (χ0n) is 11.3. The van der Waals surface area contributed by atoms with Crippen LogP contribution in [0.2, 0.25) is 0 Å². The van der Waals surface area contributed by atoms with Crippen LogP contribution in [0.4, 0.5) is 5.69 Å². The summed E-state index contributed by atoms with van der Waals surface area (Å²) in [5.74, 6) is 0.388. The predicted molar refractivity (Wildman–Crippen MR) is 74.8 cm³/mol. The van der Waals surface area contributed by atoms with E-state index in [1.54, 1.807) is 6.92 Å². The average Bonchev–Trinajstić information content (AvgIpc) is 2.26. The normalized spacial score (nSPS) is 13.2. The van der Waals surface area contributed by atoms with Gasteiger partial charge in [0, 0.05) is 11.7 Å². The molecule has 1 unspecified atom stereocenters. The van der Waals surface area contributed by atoms with Gasteiger partial charge in [0.15, 0.2) is 0 Å². The van der Waals surface area contributed by atoms with Crippen molar-refractivity contribution in [1.29, 1.82) is 5.26 Å². The zero-order valence-corrected chi connectivity index (χ0v) is 12.2. The number of nitriles is 1. The fourth-order valence-corrected chi connectivity index (χ4v) is 3.35. The summed E-state index contributed by atoms with van der Waals surface area (Å²) in [5.41, 5.74) is 5.97. The van der Waals surface area contributed by atoms with Crippen LogP contribution in [0.25, 0.3) is 0 Å². The van der Waals surface area contributed by atoms with Crippen molar-refractivity contribution in [3.63, 3.8) is 0 Å². The number of hydrogen-bond donors (Lipinski definition) is 2. The zero-order chi connectivity index (χ0) is 14.6. The van der Waals surface area contributed by atoms with Crippen LogP contribution in [-0.4, -0.2) is 14.5 Å². The van der Waals surface area contributed by atoms with Crippen LogP contribution in [0.3, 0.4) is 0 Å². The molecule has 0 aliphatic heterocycles. The Morgan fingerprint density at radius 3 is 2.53 bits per heavy atom. The third-order valence-corrected chi connectivity index (χ3v) is 4.24. The lowest BCUT2D eigenvalue weighted by molar-refractivity contribution is 0.482. The van der Waals surface area contributed by atoms with E-state index in [4.69, 9.17) is 11.0 Å². The molecule has 19 heavy (non-hydrogen) atoms. The summed E-state index contributed by atoms with van der Waals surface area (Å²) in [4.78, 5) is -0.0280. The number of anilines is 1. The van der Waals surface area contributed by atoms with E-state index in [0.717, 1.165) is 6.42 Å². The molecule has 0 spiro atoms. The fraction of sp³-hybridized carbons (Fsp3) is 0.462. The molecule has 0 aliphatic rings. The first-order chi connectivity index (χ1) is 8.76. The van der Waals surface area contributed by atoms with Crippen molar-refractivity contribution < 1.29 is 8.42 Å². The van der Waals surface area contributed by atoms with Gasteiger partial charge in [0.2, 0.25) is 10.0 Å². The van der Waals surface area contributed by atoms with E-state index < -0.39 is 10.0 Å². The van der Waals surface area contributed by atoms with Crippen molar-refractivity contribution in [2.75, 3.05) is 5.73 Å². The van der Waals surface area contributed by atoms with Crippen molar-refractivity contribution in [3.8, 4) is 6.07 Å². The summed E-state index contributed by atoms with van der Waals surface area (Å²) < 4.78 is 27.0. The van der Waals surface area contributed by atoms with E-state index in [0.29, 0.717) is 11.6 Å². The molecule has 1 aromatic carbocycles. The standard InChI is InChI=1S/C13H19N3O2S/c1-9(2)6-10(3)16-19(17,18)13-5-4-12(15)7-11(13)8-14/h4-5,7,9-10,16H,6,15H2,1-3H3. The van der Waals surface area contributed by atoms with E-state index in [9.17, 15) is 8.42 Å². The molecule has 5 nitrogen and oxygen atoms in total. The lowest BCUT2D eigenvalue weighted by Crippen LogP contribution is -2.33. The van der Waals surface area contributed by atoms with Gasteiger partial charge in [0.1, 0.15) is 6.07 Å². The molecule has 1 rings (SSSR count). The third kappa shape index (κ3) is 4.23. The van der Waals surface area contributed by atoms with Gasteiger partial charge in [-0.3, -0.25) is 0 Å². The van der Waals surface area contributed by atoms with Gasteiger partial charge in [0.25, 0.3) is 0 Å². The highest BCUT2D eigenvalue weighted by Gasteiger charge is 2.21. The minimum atomic E-state index is -3.69. The molecule has 0 fully saturated rings. The molecular formula is C13H19N3O2S. The lowest BCUT2D eigenvalue weighted by Gasteiger charge is -2.16. The van der Waals surface area contributed by atoms with Crippen molar-refractivity contribution in [2.45, 2.75) is 38.1 Å². The number of nitrogens with two attached hydrogens (primary N) is 1. The predicted octanol–water partition coefficient (Wildman–Crippen LogP) is 1.85. The Morgan fingerprint density at radius 1 is 1.37 bits per heavy atom. The molecule has 6 heteroatoms. The van der Waals surface area contributed by atoms with Gasteiger partial charge >= 0.3 is 0 Å². The van der Waals surface area contributed by atoms with E-state index in [-0.39, 0.29) is 16.5 Å². The van der Waals surface area contributed by atoms with Gasteiger partial charge in [0.05, 0.1) is 10.5 Å². The second kappa shape index (κ2) is 6.04. The maximum atomic E-state index is 12.2. The number of rotatable bonds is 5. The van der Waals surface area contributed by atoms with Gasteiger partial charge in [-0.2, -0.15) is 5.26 Å². The number of benzene rings is 1. The van der Waals surface area contributed by atoms with Crippen LogP contribution in [0.5, 0.6) is 0 Å². The molecule has 3 N–H and O–H groups in total. The quantitative estimate of drug-likeness (QED) is 0.805. The first-order valence-corrected chi connectivity index (χ1v) is 7.56. The summed E-state index contributed by atoms with van der Waals surface area (Å²) >= 11 is 0. The monoisotopic (exact) mass is 281 g/mol. The maximum Gasteiger partial charge on any atom is 0.242 e. The van der Waals surface area contributed by atoms with Crippen LogP contribution < -0.4 is 10.5 Å². The molecule has 0 saturated heterocycles. The molecule has 0 bridgehead atoms. The highest BCUT2D eigenvalue weighted by molar-refractivity contribution is 7.89. The van der Waals surface area contributed by atoms with E-state index in [1.807, 2.05) is 19.9 Å². The summed E-state index contributed by atoms with van der Waals surface area (Å²) in [6, 6.07) is 5.87. The highest BCUT2D eigenvalue weighted by Crippen LogP contribution is 2.19. The molecule has 0 heterocycles. The van der Waals surface area contributed by atoms with E-state index in [1.165, 1.54) is 18.2 Å². The van der Waals surface area contributed by atoms with Gasteiger partial charge in [-0.15, -0.1) is 0 Å². The molecule has 0 aliphatic carbocycles. The second-order valence-corrected chi connectivity index (χ2v) is 6.70. The van der Waals surface area contributed by atoms with Gasteiger partial charge in [-0.05, 0) is 37.5 Å². The van der Waals surface area contributed by atoms with Gasteiger partial charge in [-0.1, -0.05) is 13.8 Å². The highest BCUT2D eigenvalue weighted by atomic mass is 32.2. The van der Waals surface area contributed by atoms with Gasteiger partial charge < -0.3 is 5.73 Å². The van der Waals surface area contributed by atoms with Gasteiger partial charge in [-0.25, -0.2) is 13.1 Å². The van der Waals surface area contributed by atoms with Crippen LogP contribution in [-0.2, 0) is 10.0 Å². The van der Waals surface area contributed by atoms with Crippen molar-refractivity contribution in [2.24, 2.45) is 5.92 Å². The third-order valence-electron chi connectivity index (χ3n) is 2.59. The van der Waals surface area contributed by atoms with Crippen molar-refractivity contribution in [3.05, 3.63) is 23.8 Å². The Hall–Kier alpha value is -1.58. The fourth-order valence-electron chi connectivity index (χ4n) is 1.95. The topological polar surface area (TPSA) is 96.0 Å². The SMILES string of the molecule is CC(C)CC(C)NS(=O)(=O)c1ccc(N)cc1C#N. The molecular weight excluding hydrogens is 262 g/mol. The Bertz CT molecular complexity index is 588. The second-order valence-electron chi connectivity index (χ2n) is 5.02. The molecule has 0 aromatic heterocycles. The maximum absolute atomic E-state index is 12.2. The molecule has 0 amide bonds.